The van der Waals surface area contributed by atoms with E-state index in [9.17, 15) is 4.79 Å². The number of carbonyl (C=O) groups is 1. The van der Waals surface area contributed by atoms with Crippen molar-refractivity contribution in [2.75, 3.05) is 20.2 Å². The molecule has 1 N–H and O–H groups in total. The number of likely N-dealkylation sites (N-methyl/N-ethyl adjacent to an activating group) is 1. The van der Waals surface area contributed by atoms with E-state index in [1.165, 1.54) is 16.7 Å². The topological polar surface area (TPSA) is 41.6 Å². The smallest absolute Gasteiger partial charge is 0.242 e. The fraction of sp³-hybridized carbons (Fsp3) is 0.458. The Morgan fingerprint density at radius 2 is 2.07 bits per heavy atom. The maximum Gasteiger partial charge on any atom is 0.242 e. The van der Waals surface area contributed by atoms with E-state index in [2.05, 4.69) is 61.6 Å². The third kappa shape index (κ3) is 3.42. The summed E-state index contributed by atoms with van der Waals surface area (Å²) in [4.78, 5) is 14.5. The van der Waals surface area contributed by atoms with Crippen molar-refractivity contribution in [2.45, 2.75) is 51.1 Å². The largest absolute Gasteiger partial charge is 0.493 e. The van der Waals surface area contributed by atoms with Gasteiger partial charge in [0.15, 0.2) is 0 Å². The average molecular weight is 379 g/mol. The fourth-order valence-corrected chi connectivity index (χ4v) is 4.55. The van der Waals surface area contributed by atoms with Gasteiger partial charge >= 0.3 is 0 Å². The lowest BCUT2D eigenvalue weighted by Gasteiger charge is -2.23. The van der Waals surface area contributed by atoms with Crippen LogP contribution in [0.2, 0.25) is 0 Å². The summed E-state index contributed by atoms with van der Waals surface area (Å²) in [6.45, 7) is 5.80. The molecule has 4 nitrogen and oxygen atoms in total. The Hall–Kier alpha value is -2.33. The molecule has 28 heavy (non-hydrogen) atoms. The molecule has 0 aliphatic carbocycles. The molecule has 0 unspecified atom stereocenters. The van der Waals surface area contributed by atoms with Gasteiger partial charge in [0, 0.05) is 25.2 Å². The van der Waals surface area contributed by atoms with E-state index < -0.39 is 0 Å². The first kappa shape index (κ1) is 19.0. The van der Waals surface area contributed by atoms with Crippen molar-refractivity contribution in [1.82, 2.24) is 10.2 Å². The van der Waals surface area contributed by atoms with Crippen LogP contribution in [0.25, 0.3) is 11.1 Å². The first-order valence-corrected chi connectivity index (χ1v) is 10.4. The molecule has 0 bridgehead atoms. The van der Waals surface area contributed by atoms with E-state index in [1.54, 1.807) is 0 Å². The average Bonchev–Trinajstić information content (AvgIpc) is 3.27. The summed E-state index contributed by atoms with van der Waals surface area (Å²) >= 11 is 0. The van der Waals surface area contributed by atoms with Crippen LogP contribution < -0.4 is 10.1 Å². The second-order valence-electron chi connectivity index (χ2n) is 8.27. The molecule has 1 amide bonds. The first-order valence-electron chi connectivity index (χ1n) is 10.4. The number of amides is 1. The lowest BCUT2D eigenvalue weighted by atomic mass is 9.95. The second-order valence-corrected chi connectivity index (χ2v) is 8.27. The van der Waals surface area contributed by atoms with E-state index in [4.69, 9.17) is 4.74 Å². The van der Waals surface area contributed by atoms with Crippen molar-refractivity contribution < 1.29 is 9.53 Å². The number of rotatable bonds is 5. The van der Waals surface area contributed by atoms with Crippen molar-refractivity contribution in [2.24, 2.45) is 0 Å². The zero-order valence-corrected chi connectivity index (χ0v) is 17.1. The number of aryl methyl sites for hydroxylation is 1. The summed E-state index contributed by atoms with van der Waals surface area (Å²) in [6, 6.07) is 15.3. The van der Waals surface area contributed by atoms with Gasteiger partial charge in [-0.3, -0.25) is 10.1 Å². The van der Waals surface area contributed by atoms with Gasteiger partial charge in [-0.2, -0.15) is 0 Å². The lowest BCUT2D eigenvalue weighted by molar-refractivity contribution is -0.131. The Morgan fingerprint density at radius 1 is 1.21 bits per heavy atom. The molecule has 2 heterocycles. The number of nitrogens with one attached hydrogen (secondary N) is 1. The summed E-state index contributed by atoms with van der Waals surface area (Å²) < 4.78 is 6.00. The molecule has 2 atom stereocenters. The molecular formula is C24H30N2O2. The van der Waals surface area contributed by atoms with Gasteiger partial charge in [-0.15, -0.1) is 0 Å². The molecule has 2 aromatic rings. The zero-order chi connectivity index (χ0) is 19.7. The summed E-state index contributed by atoms with van der Waals surface area (Å²) in [5.41, 5.74) is 4.43. The third-order valence-corrected chi connectivity index (χ3v) is 6.14. The van der Waals surface area contributed by atoms with Crippen LogP contribution in [0.3, 0.4) is 0 Å². The van der Waals surface area contributed by atoms with Gasteiger partial charge in [-0.25, -0.2) is 0 Å². The van der Waals surface area contributed by atoms with Crippen LogP contribution in [0.15, 0.2) is 42.5 Å². The number of likely N-dealkylation sites (tertiary alicyclic amines) is 1. The fourth-order valence-electron chi connectivity index (χ4n) is 4.55. The summed E-state index contributed by atoms with van der Waals surface area (Å²) in [5, 5.41) is 3.68. The second kappa shape index (κ2) is 7.59. The zero-order valence-electron chi connectivity index (χ0n) is 17.1. The normalized spacial score (nSPS) is 24.3. The number of carbonyl (C=O) groups excluding carboxylic acids is 1. The van der Waals surface area contributed by atoms with Crippen LogP contribution in [-0.4, -0.2) is 36.5 Å². The van der Waals surface area contributed by atoms with Gasteiger partial charge in [0.1, 0.15) is 11.3 Å². The van der Waals surface area contributed by atoms with Crippen LogP contribution >= 0.6 is 0 Å². The Labute approximate surface area is 167 Å². The number of hydrogen-bond acceptors (Lipinski definition) is 3. The molecule has 4 heteroatoms. The van der Waals surface area contributed by atoms with E-state index in [0.29, 0.717) is 0 Å². The van der Waals surface area contributed by atoms with Gasteiger partial charge in [-0.1, -0.05) is 36.8 Å². The Morgan fingerprint density at radius 3 is 2.82 bits per heavy atom. The minimum Gasteiger partial charge on any atom is -0.493 e. The Bertz CT molecular complexity index is 879. The molecule has 1 spiro atoms. The van der Waals surface area contributed by atoms with E-state index >= 15 is 0 Å². The maximum absolute atomic E-state index is 12.6. The molecule has 2 aliphatic rings. The highest BCUT2D eigenvalue weighted by atomic mass is 16.5. The third-order valence-electron chi connectivity index (χ3n) is 6.14. The minimum atomic E-state index is -0.353. The van der Waals surface area contributed by atoms with Gasteiger partial charge < -0.3 is 9.64 Å². The molecule has 0 aromatic heterocycles. The van der Waals surface area contributed by atoms with Crippen molar-refractivity contribution >= 4 is 5.91 Å². The molecule has 2 fully saturated rings. The van der Waals surface area contributed by atoms with Gasteiger partial charge in [0.05, 0.1) is 6.61 Å². The van der Waals surface area contributed by atoms with Gasteiger partial charge in [-0.05, 0) is 61.9 Å². The maximum atomic E-state index is 12.6. The van der Waals surface area contributed by atoms with Crippen molar-refractivity contribution in [3.8, 4) is 16.9 Å². The van der Waals surface area contributed by atoms with Crippen LogP contribution in [0, 0.1) is 6.92 Å². The van der Waals surface area contributed by atoms with Crippen LogP contribution in [-0.2, 0) is 4.79 Å². The molecule has 2 aromatic carbocycles. The highest BCUT2D eigenvalue weighted by molar-refractivity contribution is 5.88. The van der Waals surface area contributed by atoms with E-state index in [0.717, 1.165) is 50.1 Å². The number of nitrogens with zero attached hydrogens (tertiary/aromatic N) is 1. The predicted octanol–water partition coefficient (Wildman–Crippen LogP) is 4.48. The van der Waals surface area contributed by atoms with E-state index in [-0.39, 0.29) is 17.5 Å². The highest BCUT2D eigenvalue weighted by Gasteiger charge is 2.49. The van der Waals surface area contributed by atoms with Gasteiger partial charge in [0.2, 0.25) is 5.91 Å². The molecule has 148 valence electrons. The van der Waals surface area contributed by atoms with Crippen molar-refractivity contribution in [1.29, 1.82) is 0 Å². The minimum absolute atomic E-state index is 0.222. The predicted molar refractivity (Wildman–Crippen MR) is 112 cm³/mol. The summed E-state index contributed by atoms with van der Waals surface area (Å²) in [5.74, 6) is 1.19. The van der Waals surface area contributed by atoms with Crippen LogP contribution in [0.1, 0.15) is 49.8 Å². The SMILES string of the molecule is CCCOc1ccc(C)cc1-c1cccc([C@H]2CC[C@]3(CCN(C)C3=O)N2)c1. The molecule has 0 saturated carbocycles. The molecular weight excluding hydrogens is 348 g/mol. The number of hydrogen-bond donors (Lipinski definition) is 1. The van der Waals surface area contributed by atoms with Crippen molar-refractivity contribution in [3.63, 3.8) is 0 Å². The van der Waals surface area contributed by atoms with Crippen LogP contribution in [0.4, 0.5) is 0 Å². The Balaban J connectivity index is 1.61. The molecule has 4 rings (SSSR count). The van der Waals surface area contributed by atoms with Crippen LogP contribution in [0.5, 0.6) is 5.75 Å². The molecule has 0 radical (unpaired) electrons. The number of ether oxygens (including phenoxy) is 1. The lowest BCUT2D eigenvalue weighted by Crippen LogP contribution is -2.47. The monoisotopic (exact) mass is 378 g/mol. The summed E-state index contributed by atoms with van der Waals surface area (Å²) in [6.07, 6.45) is 3.81. The quantitative estimate of drug-likeness (QED) is 0.834. The standard InChI is InChI=1S/C24H30N2O2/c1-4-14-28-22-9-8-17(2)15-20(22)18-6-5-7-19(16-18)21-10-11-24(25-21)12-13-26(3)23(24)27/h5-9,15-16,21,25H,4,10-14H2,1-3H3/t21-,24-/m1/s1. The number of benzene rings is 2. The molecule has 2 saturated heterocycles. The van der Waals surface area contributed by atoms with E-state index in [1.807, 2.05) is 11.9 Å². The summed E-state index contributed by atoms with van der Waals surface area (Å²) in [7, 11) is 1.91. The van der Waals surface area contributed by atoms with Crippen molar-refractivity contribution in [3.05, 3.63) is 53.6 Å². The Kier molecular flexibility index (Phi) is 5.15. The first-order chi connectivity index (χ1) is 13.5. The molecule has 2 aliphatic heterocycles. The van der Waals surface area contributed by atoms with Gasteiger partial charge in [0.25, 0.3) is 0 Å². The highest BCUT2D eigenvalue weighted by Crippen LogP contribution is 2.40.